The highest BCUT2D eigenvalue weighted by Gasteiger charge is 2.16. The standard InChI is InChI=1S/C13H21N3O/c14-10-12-6-5-9-16(12)11-13(17)15-7-3-1-2-4-8-15/h5-6,9H,1-4,7-8,10-11,14H2. The Balaban J connectivity index is 1.95. The van der Waals surface area contributed by atoms with Gasteiger partial charge in [0.15, 0.2) is 0 Å². The van der Waals surface area contributed by atoms with Gasteiger partial charge in [-0.15, -0.1) is 0 Å². The third kappa shape index (κ3) is 3.09. The van der Waals surface area contributed by atoms with Gasteiger partial charge in [-0.1, -0.05) is 12.8 Å². The predicted molar refractivity (Wildman–Crippen MR) is 67.4 cm³/mol. The molecule has 4 heteroatoms. The van der Waals surface area contributed by atoms with Crippen LogP contribution in [0, 0.1) is 0 Å². The molecule has 4 nitrogen and oxygen atoms in total. The van der Waals surface area contributed by atoms with Crippen LogP contribution in [-0.2, 0) is 17.9 Å². The number of hydrogen-bond acceptors (Lipinski definition) is 2. The topological polar surface area (TPSA) is 51.3 Å². The lowest BCUT2D eigenvalue weighted by Gasteiger charge is -2.21. The van der Waals surface area contributed by atoms with E-state index in [2.05, 4.69) is 0 Å². The lowest BCUT2D eigenvalue weighted by atomic mass is 10.2. The molecule has 2 rings (SSSR count). The lowest BCUT2D eigenvalue weighted by Crippen LogP contribution is -2.34. The van der Waals surface area contributed by atoms with Gasteiger partial charge in [-0.25, -0.2) is 0 Å². The van der Waals surface area contributed by atoms with Gasteiger partial charge in [0.05, 0.1) is 0 Å². The number of carbonyl (C=O) groups excluding carboxylic acids is 1. The molecule has 0 bridgehead atoms. The van der Waals surface area contributed by atoms with E-state index in [1.807, 2.05) is 27.8 Å². The highest BCUT2D eigenvalue weighted by atomic mass is 16.2. The molecular formula is C13H21N3O. The van der Waals surface area contributed by atoms with Crippen molar-refractivity contribution in [3.63, 3.8) is 0 Å². The van der Waals surface area contributed by atoms with Crippen molar-refractivity contribution in [2.45, 2.75) is 38.8 Å². The Morgan fingerprint density at radius 1 is 1.24 bits per heavy atom. The fourth-order valence-corrected chi connectivity index (χ4v) is 2.35. The molecule has 0 aromatic carbocycles. The summed E-state index contributed by atoms with van der Waals surface area (Å²) in [6.45, 7) is 2.75. The Hall–Kier alpha value is -1.29. The molecule has 0 saturated carbocycles. The van der Waals surface area contributed by atoms with E-state index < -0.39 is 0 Å². The van der Waals surface area contributed by atoms with E-state index in [1.54, 1.807) is 0 Å². The Morgan fingerprint density at radius 2 is 1.94 bits per heavy atom. The Labute approximate surface area is 102 Å². The van der Waals surface area contributed by atoms with Gasteiger partial charge in [0, 0.05) is 31.5 Å². The molecule has 17 heavy (non-hydrogen) atoms. The van der Waals surface area contributed by atoms with Crippen molar-refractivity contribution in [3.8, 4) is 0 Å². The summed E-state index contributed by atoms with van der Waals surface area (Å²) in [6, 6.07) is 3.91. The third-order valence-electron chi connectivity index (χ3n) is 3.40. The summed E-state index contributed by atoms with van der Waals surface area (Å²) in [6.07, 6.45) is 6.71. The normalized spacial score (nSPS) is 16.9. The molecule has 1 aromatic rings. The fourth-order valence-electron chi connectivity index (χ4n) is 2.35. The van der Waals surface area contributed by atoms with E-state index in [9.17, 15) is 4.79 Å². The number of carbonyl (C=O) groups is 1. The van der Waals surface area contributed by atoms with Crippen LogP contribution in [0.5, 0.6) is 0 Å². The third-order valence-corrected chi connectivity index (χ3v) is 3.40. The van der Waals surface area contributed by atoms with Gasteiger partial charge in [0.25, 0.3) is 0 Å². The molecule has 0 aliphatic carbocycles. The molecule has 2 heterocycles. The second kappa shape index (κ2) is 5.87. The minimum absolute atomic E-state index is 0.220. The second-order valence-corrected chi connectivity index (χ2v) is 4.63. The van der Waals surface area contributed by atoms with Crippen molar-refractivity contribution >= 4 is 5.91 Å². The minimum Gasteiger partial charge on any atom is -0.341 e. The number of hydrogen-bond donors (Lipinski definition) is 1. The fraction of sp³-hybridized carbons (Fsp3) is 0.615. The first kappa shape index (κ1) is 12.2. The monoisotopic (exact) mass is 235 g/mol. The van der Waals surface area contributed by atoms with Crippen molar-refractivity contribution in [3.05, 3.63) is 24.0 Å². The Kier molecular flexibility index (Phi) is 4.20. The van der Waals surface area contributed by atoms with E-state index >= 15 is 0 Å². The summed E-state index contributed by atoms with van der Waals surface area (Å²) in [5.41, 5.74) is 6.65. The van der Waals surface area contributed by atoms with Gasteiger partial charge >= 0.3 is 0 Å². The van der Waals surface area contributed by atoms with Crippen molar-refractivity contribution in [1.82, 2.24) is 9.47 Å². The van der Waals surface area contributed by atoms with Crippen LogP contribution in [-0.4, -0.2) is 28.5 Å². The van der Waals surface area contributed by atoms with E-state index in [0.717, 1.165) is 31.6 Å². The van der Waals surface area contributed by atoms with Crippen LogP contribution in [0.4, 0.5) is 0 Å². The van der Waals surface area contributed by atoms with Crippen LogP contribution in [0.3, 0.4) is 0 Å². The zero-order valence-electron chi connectivity index (χ0n) is 10.3. The molecule has 1 aliphatic rings. The number of amides is 1. The van der Waals surface area contributed by atoms with Crippen LogP contribution >= 0.6 is 0 Å². The minimum atomic E-state index is 0.220. The molecule has 1 saturated heterocycles. The summed E-state index contributed by atoms with van der Waals surface area (Å²) in [5.74, 6) is 0.220. The molecule has 1 aliphatic heterocycles. The number of nitrogens with two attached hydrogens (primary N) is 1. The van der Waals surface area contributed by atoms with Crippen LogP contribution in [0.1, 0.15) is 31.4 Å². The maximum absolute atomic E-state index is 12.2. The molecular weight excluding hydrogens is 214 g/mol. The second-order valence-electron chi connectivity index (χ2n) is 4.63. The van der Waals surface area contributed by atoms with Gasteiger partial charge in [0.2, 0.25) is 5.91 Å². The first-order valence-electron chi connectivity index (χ1n) is 6.43. The van der Waals surface area contributed by atoms with E-state index in [1.165, 1.54) is 12.8 Å². The number of rotatable bonds is 3. The van der Waals surface area contributed by atoms with Crippen LogP contribution in [0.25, 0.3) is 0 Å². The molecule has 0 atom stereocenters. The smallest absolute Gasteiger partial charge is 0.242 e. The quantitative estimate of drug-likeness (QED) is 0.859. The van der Waals surface area contributed by atoms with E-state index in [0.29, 0.717) is 13.1 Å². The van der Waals surface area contributed by atoms with Gasteiger partial charge in [-0.2, -0.15) is 0 Å². The van der Waals surface area contributed by atoms with Crippen LogP contribution in [0.15, 0.2) is 18.3 Å². The first-order chi connectivity index (χ1) is 8.31. The van der Waals surface area contributed by atoms with Gasteiger partial charge in [-0.05, 0) is 25.0 Å². The summed E-state index contributed by atoms with van der Waals surface area (Å²) < 4.78 is 1.95. The summed E-state index contributed by atoms with van der Waals surface area (Å²) in [5, 5.41) is 0. The molecule has 94 valence electrons. The summed E-state index contributed by atoms with van der Waals surface area (Å²) >= 11 is 0. The van der Waals surface area contributed by atoms with Crippen molar-refractivity contribution in [1.29, 1.82) is 0 Å². The average Bonchev–Trinajstić information content (AvgIpc) is 2.62. The maximum Gasteiger partial charge on any atom is 0.242 e. The van der Waals surface area contributed by atoms with Crippen molar-refractivity contribution in [2.24, 2.45) is 5.73 Å². The van der Waals surface area contributed by atoms with Crippen molar-refractivity contribution < 1.29 is 4.79 Å². The van der Waals surface area contributed by atoms with Gasteiger partial charge < -0.3 is 15.2 Å². The number of likely N-dealkylation sites (tertiary alicyclic amines) is 1. The molecule has 1 aromatic heterocycles. The molecule has 0 unspecified atom stereocenters. The highest BCUT2D eigenvalue weighted by Crippen LogP contribution is 2.11. The van der Waals surface area contributed by atoms with E-state index in [-0.39, 0.29) is 5.91 Å². The molecule has 0 radical (unpaired) electrons. The van der Waals surface area contributed by atoms with Crippen LogP contribution in [0.2, 0.25) is 0 Å². The van der Waals surface area contributed by atoms with Crippen molar-refractivity contribution in [2.75, 3.05) is 13.1 Å². The molecule has 1 fully saturated rings. The van der Waals surface area contributed by atoms with E-state index in [4.69, 9.17) is 5.73 Å². The molecule has 2 N–H and O–H groups in total. The zero-order chi connectivity index (χ0) is 12.1. The molecule has 1 amide bonds. The molecule has 0 spiro atoms. The number of aromatic nitrogens is 1. The lowest BCUT2D eigenvalue weighted by molar-refractivity contribution is -0.131. The largest absolute Gasteiger partial charge is 0.341 e. The Morgan fingerprint density at radius 3 is 2.59 bits per heavy atom. The average molecular weight is 235 g/mol. The highest BCUT2D eigenvalue weighted by molar-refractivity contribution is 5.76. The zero-order valence-corrected chi connectivity index (χ0v) is 10.3. The summed E-state index contributed by atoms with van der Waals surface area (Å²) in [7, 11) is 0. The maximum atomic E-state index is 12.2. The SMILES string of the molecule is NCc1cccn1CC(=O)N1CCCCCC1. The Bertz CT molecular complexity index is 364. The van der Waals surface area contributed by atoms with Crippen LogP contribution < -0.4 is 5.73 Å². The predicted octanol–water partition coefficient (Wildman–Crippen LogP) is 1.35. The number of nitrogens with zero attached hydrogens (tertiary/aromatic N) is 2. The van der Waals surface area contributed by atoms with Gasteiger partial charge in [0.1, 0.15) is 6.54 Å². The van der Waals surface area contributed by atoms with Gasteiger partial charge in [-0.3, -0.25) is 4.79 Å². The first-order valence-corrected chi connectivity index (χ1v) is 6.43. The summed E-state index contributed by atoms with van der Waals surface area (Å²) in [4.78, 5) is 14.1.